The van der Waals surface area contributed by atoms with Crippen molar-refractivity contribution < 1.29 is 19.0 Å². The van der Waals surface area contributed by atoms with Crippen molar-refractivity contribution in [2.24, 2.45) is 0 Å². The minimum absolute atomic E-state index is 0. The second kappa shape index (κ2) is 9.60. The van der Waals surface area contributed by atoms with Gasteiger partial charge in [-0.15, -0.1) is 12.4 Å². The molecule has 0 radical (unpaired) electrons. The van der Waals surface area contributed by atoms with Crippen molar-refractivity contribution in [2.45, 2.75) is 19.0 Å². The fraction of sp³-hybridized carbons (Fsp3) is 0.562. The maximum absolute atomic E-state index is 12.3. The highest BCUT2D eigenvalue weighted by Crippen LogP contribution is 2.23. The number of carbonyl (C=O) groups excluding carboxylic acids is 1. The number of rotatable bonds is 6. The summed E-state index contributed by atoms with van der Waals surface area (Å²) in [6.45, 7) is 2.62. The molecule has 0 aromatic heterocycles. The Bertz CT molecular complexity index is 485. The normalized spacial score (nSPS) is 17.1. The number of methoxy groups -OCH3 is 2. The van der Waals surface area contributed by atoms with Crippen LogP contribution in [0.4, 0.5) is 0 Å². The van der Waals surface area contributed by atoms with Gasteiger partial charge in [-0.1, -0.05) is 0 Å². The summed E-state index contributed by atoms with van der Waals surface area (Å²) in [6.07, 6.45) is 0.442. The Balaban J connectivity index is 0.00000264. The Morgan fingerprint density at radius 3 is 2.48 bits per heavy atom. The lowest BCUT2D eigenvalue weighted by atomic mass is 10.1. The van der Waals surface area contributed by atoms with Gasteiger partial charge in [0.25, 0.3) is 0 Å². The van der Waals surface area contributed by atoms with Gasteiger partial charge in [0.2, 0.25) is 5.91 Å². The highest BCUT2D eigenvalue weighted by molar-refractivity contribution is 5.85. The van der Waals surface area contributed by atoms with E-state index in [1.54, 1.807) is 26.2 Å². The summed E-state index contributed by atoms with van der Waals surface area (Å²) in [5.41, 5.74) is 0.972. The Morgan fingerprint density at radius 2 is 1.96 bits per heavy atom. The monoisotopic (exact) mass is 344 g/mol. The van der Waals surface area contributed by atoms with Crippen LogP contribution in [-0.2, 0) is 16.1 Å². The predicted molar refractivity (Wildman–Crippen MR) is 90.5 cm³/mol. The van der Waals surface area contributed by atoms with Crippen LogP contribution < -0.4 is 14.8 Å². The van der Waals surface area contributed by atoms with Gasteiger partial charge in [0.15, 0.2) is 0 Å². The SMILES string of the molecule is COc1cc(CN(C)C(=O)CC2COCCN2)cc(OC)c1.Cl. The van der Waals surface area contributed by atoms with E-state index in [4.69, 9.17) is 14.2 Å². The van der Waals surface area contributed by atoms with E-state index in [1.165, 1.54) is 0 Å². The van der Waals surface area contributed by atoms with Gasteiger partial charge >= 0.3 is 0 Å². The maximum Gasteiger partial charge on any atom is 0.224 e. The van der Waals surface area contributed by atoms with E-state index >= 15 is 0 Å². The number of ether oxygens (including phenoxy) is 3. The molecular formula is C16H25ClN2O4. The topological polar surface area (TPSA) is 60.0 Å². The molecule has 1 aliphatic heterocycles. The molecule has 0 aliphatic carbocycles. The van der Waals surface area contributed by atoms with Crippen LogP contribution in [0.3, 0.4) is 0 Å². The summed E-state index contributed by atoms with van der Waals surface area (Å²) in [5.74, 6) is 1.53. The minimum Gasteiger partial charge on any atom is -0.497 e. The summed E-state index contributed by atoms with van der Waals surface area (Å²) in [4.78, 5) is 14.0. The van der Waals surface area contributed by atoms with E-state index in [1.807, 2.05) is 18.2 Å². The molecule has 1 amide bonds. The molecule has 1 heterocycles. The first-order valence-electron chi connectivity index (χ1n) is 7.39. The van der Waals surface area contributed by atoms with Gasteiger partial charge in [0.05, 0.1) is 27.4 Å². The molecule has 0 bridgehead atoms. The Hall–Kier alpha value is -1.50. The summed E-state index contributed by atoms with van der Waals surface area (Å²) in [5, 5.41) is 3.29. The Morgan fingerprint density at radius 1 is 1.30 bits per heavy atom. The van der Waals surface area contributed by atoms with Gasteiger partial charge in [-0.05, 0) is 17.7 Å². The highest BCUT2D eigenvalue weighted by Gasteiger charge is 2.19. The number of benzene rings is 1. The molecule has 1 fully saturated rings. The van der Waals surface area contributed by atoms with Crippen molar-refractivity contribution in [3.8, 4) is 11.5 Å². The van der Waals surface area contributed by atoms with Gasteiger partial charge in [-0.2, -0.15) is 0 Å². The van der Waals surface area contributed by atoms with Crippen LogP contribution in [0, 0.1) is 0 Å². The number of hydrogen-bond acceptors (Lipinski definition) is 5. The molecule has 7 heteroatoms. The number of nitrogens with zero attached hydrogens (tertiary/aromatic N) is 1. The van der Waals surface area contributed by atoms with Crippen molar-refractivity contribution in [2.75, 3.05) is 41.0 Å². The third kappa shape index (κ3) is 5.89. The van der Waals surface area contributed by atoms with E-state index in [0.29, 0.717) is 26.2 Å². The third-order valence-electron chi connectivity index (χ3n) is 3.68. The van der Waals surface area contributed by atoms with Gasteiger partial charge in [-0.3, -0.25) is 4.79 Å². The largest absolute Gasteiger partial charge is 0.497 e. The lowest BCUT2D eigenvalue weighted by Crippen LogP contribution is -2.44. The van der Waals surface area contributed by atoms with Crippen LogP contribution in [0.15, 0.2) is 18.2 Å². The molecular weight excluding hydrogens is 320 g/mol. The molecule has 1 aliphatic rings. The molecule has 1 atom stereocenters. The van der Waals surface area contributed by atoms with Crippen molar-refractivity contribution in [3.05, 3.63) is 23.8 Å². The predicted octanol–water partition coefficient (Wildman–Crippen LogP) is 1.46. The Labute approximate surface area is 143 Å². The zero-order valence-corrected chi connectivity index (χ0v) is 14.6. The first kappa shape index (κ1) is 19.5. The van der Waals surface area contributed by atoms with Crippen LogP contribution in [-0.4, -0.2) is 57.9 Å². The number of carbonyl (C=O) groups is 1. The number of nitrogens with one attached hydrogen (secondary N) is 1. The van der Waals surface area contributed by atoms with Gasteiger partial charge in [0, 0.05) is 38.7 Å². The number of morpholine rings is 1. The zero-order valence-electron chi connectivity index (χ0n) is 13.8. The second-order valence-electron chi connectivity index (χ2n) is 5.40. The Kier molecular flexibility index (Phi) is 8.16. The standard InChI is InChI=1S/C16H24N2O4.ClH/c1-18(16(19)8-13-11-22-5-4-17-13)10-12-6-14(20-2)9-15(7-12)21-3;/h6-7,9,13,17H,4-5,8,10-11H2,1-3H3;1H. The van der Waals surface area contributed by atoms with E-state index < -0.39 is 0 Å². The van der Waals surface area contributed by atoms with E-state index in [2.05, 4.69) is 5.32 Å². The van der Waals surface area contributed by atoms with Crippen LogP contribution in [0.2, 0.25) is 0 Å². The first-order chi connectivity index (χ1) is 10.6. The number of hydrogen-bond donors (Lipinski definition) is 1. The fourth-order valence-electron chi connectivity index (χ4n) is 2.44. The first-order valence-corrected chi connectivity index (χ1v) is 7.39. The van der Waals surface area contributed by atoms with E-state index in [0.717, 1.165) is 23.6 Å². The van der Waals surface area contributed by atoms with Crippen molar-refractivity contribution in [1.82, 2.24) is 10.2 Å². The lowest BCUT2D eigenvalue weighted by Gasteiger charge is -2.26. The molecule has 23 heavy (non-hydrogen) atoms. The van der Waals surface area contributed by atoms with E-state index in [9.17, 15) is 4.79 Å². The fourth-order valence-corrected chi connectivity index (χ4v) is 2.44. The molecule has 0 saturated carbocycles. The molecule has 1 N–H and O–H groups in total. The van der Waals surface area contributed by atoms with Crippen molar-refractivity contribution in [3.63, 3.8) is 0 Å². The number of halogens is 1. The average Bonchev–Trinajstić information content (AvgIpc) is 2.55. The van der Waals surface area contributed by atoms with Crippen LogP contribution in [0.1, 0.15) is 12.0 Å². The molecule has 2 rings (SSSR count). The molecule has 1 saturated heterocycles. The zero-order chi connectivity index (χ0) is 15.9. The van der Waals surface area contributed by atoms with Crippen molar-refractivity contribution >= 4 is 18.3 Å². The number of amides is 1. The summed E-state index contributed by atoms with van der Waals surface area (Å²) < 4.78 is 15.9. The maximum atomic E-state index is 12.3. The molecule has 1 aromatic rings. The molecule has 0 spiro atoms. The van der Waals surface area contributed by atoms with Gasteiger partial charge in [-0.25, -0.2) is 0 Å². The average molecular weight is 345 g/mol. The molecule has 1 aromatic carbocycles. The molecule has 6 nitrogen and oxygen atoms in total. The van der Waals surface area contributed by atoms with Crippen LogP contribution in [0.25, 0.3) is 0 Å². The van der Waals surface area contributed by atoms with Crippen LogP contribution >= 0.6 is 12.4 Å². The third-order valence-corrected chi connectivity index (χ3v) is 3.68. The smallest absolute Gasteiger partial charge is 0.224 e. The highest BCUT2D eigenvalue weighted by atomic mass is 35.5. The lowest BCUT2D eigenvalue weighted by molar-refractivity contribution is -0.131. The van der Waals surface area contributed by atoms with Crippen LogP contribution in [0.5, 0.6) is 11.5 Å². The molecule has 1 unspecified atom stereocenters. The van der Waals surface area contributed by atoms with Gasteiger partial charge in [0.1, 0.15) is 11.5 Å². The summed E-state index contributed by atoms with van der Waals surface area (Å²) in [7, 11) is 5.03. The van der Waals surface area contributed by atoms with Gasteiger partial charge < -0.3 is 24.4 Å². The molecule has 130 valence electrons. The summed E-state index contributed by atoms with van der Waals surface area (Å²) in [6, 6.07) is 5.74. The summed E-state index contributed by atoms with van der Waals surface area (Å²) >= 11 is 0. The minimum atomic E-state index is 0. The van der Waals surface area contributed by atoms with E-state index in [-0.39, 0.29) is 24.4 Å². The van der Waals surface area contributed by atoms with Crippen molar-refractivity contribution in [1.29, 1.82) is 0 Å². The quantitative estimate of drug-likeness (QED) is 0.846. The second-order valence-corrected chi connectivity index (χ2v) is 5.40.